The predicted octanol–water partition coefficient (Wildman–Crippen LogP) is 3.03. The van der Waals surface area contributed by atoms with Crippen LogP contribution in [0, 0.1) is 18.8 Å². The summed E-state index contributed by atoms with van der Waals surface area (Å²) in [5, 5.41) is 0.474. The van der Waals surface area contributed by atoms with E-state index in [0.29, 0.717) is 29.6 Å². The quantitative estimate of drug-likeness (QED) is 0.594. The summed E-state index contributed by atoms with van der Waals surface area (Å²) < 4.78 is 8.10. The molecule has 1 aliphatic rings. The van der Waals surface area contributed by atoms with Gasteiger partial charge in [0.25, 0.3) is 5.56 Å². The zero-order valence-electron chi connectivity index (χ0n) is 18.8. The number of nitrogens with zero attached hydrogens (tertiary/aromatic N) is 3. The Morgan fingerprint density at radius 1 is 1.12 bits per heavy atom. The summed E-state index contributed by atoms with van der Waals surface area (Å²) in [4.78, 5) is 42.9. The highest BCUT2D eigenvalue weighted by Gasteiger charge is 2.27. The van der Waals surface area contributed by atoms with Gasteiger partial charge in [-0.3, -0.25) is 23.7 Å². The maximum absolute atomic E-state index is 13.1. The average molecular weight is 436 g/mol. The lowest BCUT2D eigenvalue weighted by atomic mass is 9.79. The number of pyridine rings is 1. The molecule has 0 radical (unpaired) electrons. The number of aromatic nitrogens is 3. The summed E-state index contributed by atoms with van der Waals surface area (Å²) in [6.45, 7) is 2.30. The number of hydrogen-bond donors (Lipinski definition) is 0. The molecule has 0 unspecified atom stereocenters. The maximum atomic E-state index is 13.1. The number of methoxy groups -OCH3 is 1. The van der Waals surface area contributed by atoms with E-state index in [0.717, 1.165) is 36.9 Å². The van der Waals surface area contributed by atoms with Crippen molar-refractivity contribution in [3.8, 4) is 5.75 Å². The van der Waals surface area contributed by atoms with Crippen LogP contribution in [0.4, 0.5) is 0 Å². The molecule has 168 valence electrons. The molecule has 1 fully saturated rings. The fraction of sp³-hybridized carbons (Fsp3) is 0.440. The second-order valence-electron chi connectivity index (χ2n) is 8.81. The van der Waals surface area contributed by atoms with Crippen LogP contribution in [0.5, 0.6) is 5.75 Å². The van der Waals surface area contributed by atoms with E-state index in [1.165, 1.54) is 9.13 Å². The topological polar surface area (TPSA) is 83.2 Å². The number of carbonyl (C=O) groups excluding carboxylic acids is 1. The number of hydrogen-bond acceptors (Lipinski definition) is 5. The average Bonchev–Trinajstić information content (AvgIpc) is 2.81. The summed E-state index contributed by atoms with van der Waals surface area (Å²) in [5.74, 6) is 1.07. The van der Waals surface area contributed by atoms with Crippen molar-refractivity contribution in [1.29, 1.82) is 0 Å². The Morgan fingerprint density at radius 2 is 1.88 bits per heavy atom. The number of fused-ring (bicyclic) bond motifs is 1. The minimum absolute atomic E-state index is 0.0352. The van der Waals surface area contributed by atoms with Crippen LogP contribution in [0.1, 0.15) is 36.9 Å². The summed E-state index contributed by atoms with van der Waals surface area (Å²) in [7, 11) is 3.24. The molecule has 32 heavy (non-hydrogen) atoms. The molecule has 0 aliphatic heterocycles. The first-order valence-electron chi connectivity index (χ1n) is 11.1. The number of Topliss-reactive ketones (excluding diaryl/α,β-unsaturated/α-hetero) is 1. The molecule has 7 heteroatoms. The molecule has 0 saturated heterocycles. The van der Waals surface area contributed by atoms with E-state index >= 15 is 0 Å². The predicted molar refractivity (Wildman–Crippen MR) is 123 cm³/mol. The molecular formula is C25H29N3O4. The molecule has 1 aliphatic carbocycles. The summed E-state index contributed by atoms with van der Waals surface area (Å²) in [5.41, 5.74) is 1.89. The first-order valence-corrected chi connectivity index (χ1v) is 11.1. The Bertz CT molecular complexity index is 1250. The number of carbonyl (C=O) groups is 1. The van der Waals surface area contributed by atoms with Crippen molar-refractivity contribution in [2.24, 2.45) is 18.9 Å². The van der Waals surface area contributed by atoms with Crippen LogP contribution in [-0.4, -0.2) is 27.0 Å². The van der Waals surface area contributed by atoms with Crippen LogP contribution in [-0.2, 0) is 24.8 Å². The smallest absolute Gasteiger partial charge is 0.331 e. The van der Waals surface area contributed by atoms with Crippen LogP contribution >= 0.6 is 0 Å². The van der Waals surface area contributed by atoms with Gasteiger partial charge >= 0.3 is 5.69 Å². The van der Waals surface area contributed by atoms with Crippen LogP contribution in [0.25, 0.3) is 10.9 Å². The minimum atomic E-state index is -0.308. The van der Waals surface area contributed by atoms with E-state index in [2.05, 4.69) is 4.98 Å². The third-order valence-corrected chi connectivity index (χ3v) is 6.65. The van der Waals surface area contributed by atoms with Crippen molar-refractivity contribution in [3.05, 3.63) is 68.6 Å². The highest BCUT2D eigenvalue weighted by atomic mass is 16.5. The van der Waals surface area contributed by atoms with Gasteiger partial charge in [0.15, 0.2) is 0 Å². The van der Waals surface area contributed by atoms with Crippen molar-refractivity contribution in [3.63, 3.8) is 0 Å². The minimum Gasteiger partial charge on any atom is -0.497 e. The number of ketones is 1. The van der Waals surface area contributed by atoms with Crippen molar-refractivity contribution < 1.29 is 9.53 Å². The second kappa shape index (κ2) is 9.10. The highest BCUT2D eigenvalue weighted by molar-refractivity contribution is 5.83. The molecule has 7 nitrogen and oxygen atoms in total. The molecule has 0 N–H and O–H groups in total. The van der Waals surface area contributed by atoms with Gasteiger partial charge in [-0.1, -0.05) is 6.07 Å². The monoisotopic (exact) mass is 435 g/mol. The van der Waals surface area contributed by atoms with Gasteiger partial charge in [0.1, 0.15) is 11.5 Å². The number of ether oxygens (including phenoxy) is 1. The van der Waals surface area contributed by atoms with E-state index in [1.807, 2.05) is 19.1 Å². The summed E-state index contributed by atoms with van der Waals surface area (Å²) >= 11 is 0. The van der Waals surface area contributed by atoms with Crippen LogP contribution in [0.3, 0.4) is 0 Å². The number of rotatable bonds is 6. The normalized spacial score (nSPS) is 18.6. The van der Waals surface area contributed by atoms with Crippen molar-refractivity contribution >= 4 is 16.7 Å². The van der Waals surface area contributed by atoms with Crippen molar-refractivity contribution in [2.75, 3.05) is 7.11 Å². The van der Waals surface area contributed by atoms with E-state index in [-0.39, 0.29) is 28.9 Å². The molecule has 2 aromatic heterocycles. The molecule has 1 aromatic carbocycles. The third kappa shape index (κ3) is 4.38. The van der Waals surface area contributed by atoms with Crippen LogP contribution in [0.15, 0.2) is 46.1 Å². The lowest BCUT2D eigenvalue weighted by molar-refractivity contribution is -0.123. The number of aryl methyl sites for hydroxylation is 2. The Labute approximate surface area is 186 Å². The van der Waals surface area contributed by atoms with Crippen molar-refractivity contribution in [1.82, 2.24) is 14.1 Å². The Balaban J connectivity index is 1.46. The van der Waals surface area contributed by atoms with E-state index in [1.54, 1.807) is 38.6 Å². The highest BCUT2D eigenvalue weighted by Crippen LogP contribution is 2.31. The first-order chi connectivity index (χ1) is 15.4. The largest absolute Gasteiger partial charge is 0.497 e. The van der Waals surface area contributed by atoms with Gasteiger partial charge in [0, 0.05) is 37.8 Å². The molecular weight excluding hydrogens is 406 g/mol. The lowest BCUT2D eigenvalue weighted by Crippen LogP contribution is -2.41. The fourth-order valence-electron chi connectivity index (χ4n) is 4.66. The van der Waals surface area contributed by atoms with E-state index in [9.17, 15) is 14.4 Å². The lowest BCUT2D eigenvalue weighted by Gasteiger charge is -2.28. The molecule has 4 rings (SSSR count). The maximum Gasteiger partial charge on any atom is 0.331 e. The molecule has 0 amide bonds. The molecule has 2 heterocycles. The molecule has 0 atom stereocenters. The fourth-order valence-corrected chi connectivity index (χ4v) is 4.66. The Hall–Kier alpha value is -3.22. The van der Waals surface area contributed by atoms with Gasteiger partial charge in [-0.2, -0.15) is 0 Å². The second-order valence-corrected chi connectivity index (χ2v) is 8.81. The molecule has 0 bridgehead atoms. The zero-order chi connectivity index (χ0) is 22.8. The van der Waals surface area contributed by atoms with Crippen molar-refractivity contribution in [2.45, 2.75) is 45.6 Å². The van der Waals surface area contributed by atoms with Gasteiger partial charge in [0.05, 0.1) is 18.0 Å². The Morgan fingerprint density at radius 3 is 2.53 bits per heavy atom. The van der Waals surface area contributed by atoms with Crippen LogP contribution < -0.4 is 16.0 Å². The van der Waals surface area contributed by atoms with E-state index in [4.69, 9.17) is 4.74 Å². The Kier molecular flexibility index (Phi) is 6.26. The van der Waals surface area contributed by atoms with Gasteiger partial charge < -0.3 is 4.74 Å². The zero-order valence-corrected chi connectivity index (χ0v) is 18.8. The van der Waals surface area contributed by atoms with E-state index < -0.39 is 0 Å². The van der Waals surface area contributed by atoms with Gasteiger partial charge in [-0.25, -0.2) is 4.79 Å². The van der Waals surface area contributed by atoms with Gasteiger partial charge in [0.2, 0.25) is 0 Å². The van der Waals surface area contributed by atoms with Gasteiger partial charge in [-0.05, 0) is 68.4 Å². The van der Waals surface area contributed by atoms with Gasteiger partial charge in [-0.15, -0.1) is 0 Å². The molecule has 1 saturated carbocycles. The standard InChI is InChI=1S/C25H29N3O4/c1-16-4-5-18(14-26-16)12-23(29)19-8-6-17(7-9-19)15-28-24(30)21-13-20(32-3)10-11-22(21)27(2)25(28)31/h4-5,10-11,13-14,17,19H,6-9,12,15H2,1-3H3. The number of benzene rings is 1. The summed E-state index contributed by atoms with van der Waals surface area (Å²) in [6, 6.07) is 9.06. The molecule has 3 aromatic rings. The third-order valence-electron chi connectivity index (χ3n) is 6.65. The SMILES string of the molecule is COc1ccc2c(c1)c(=O)n(CC1CCC(C(=O)Cc3ccc(C)nc3)CC1)c(=O)n2C. The first kappa shape index (κ1) is 22.0. The van der Waals surface area contributed by atoms with Crippen LogP contribution in [0.2, 0.25) is 0 Å². The summed E-state index contributed by atoms with van der Waals surface area (Å²) in [6.07, 6.45) is 5.42. The molecule has 0 spiro atoms.